The fraction of sp³-hybridized carbons (Fsp3) is 0.939. The Balaban J connectivity index is 5.24. The Kier molecular flexibility index (Phi) is 57.1. The van der Waals surface area contributed by atoms with Gasteiger partial charge in [-0.05, 0) is 37.5 Å². The summed E-state index contributed by atoms with van der Waals surface area (Å²) in [7, 11) is -9.89. The Labute approximate surface area is 517 Å². The summed E-state index contributed by atoms with van der Waals surface area (Å²) in [5, 5.41) is 10.5. The average molecular weight is 1260 g/mol. The molecule has 0 fully saturated rings. The topological polar surface area (TPSA) is 237 Å². The molecule has 3 N–H and O–H groups in total. The fourth-order valence-electron chi connectivity index (χ4n) is 9.88. The van der Waals surface area contributed by atoms with E-state index in [1.165, 1.54) is 148 Å². The predicted molar refractivity (Wildman–Crippen MR) is 340 cm³/mol. The van der Waals surface area contributed by atoms with E-state index >= 15 is 0 Å². The second kappa shape index (κ2) is 58.4. The SMILES string of the molecule is CCCCCCCCCCCCCCCC(=O)O[C@H](COC(=O)CCCCCCCCCCCC(C)C)COP(=O)(O)OC[C@@H](O)COP(=O)(O)OC[C@@H](COC(=O)CCCCCCCCCCC)OC(=O)CCCCCCCCCCC(C)C. The monoisotopic (exact) mass is 1250 g/mol. The number of aliphatic hydroxyl groups is 1. The van der Waals surface area contributed by atoms with E-state index in [1.54, 1.807) is 0 Å². The third kappa shape index (κ3) is 60.7. The van der Waals surface area contributed by atoms with Crippen LogP contribution >= 0.6 is 15.6 Å². The Morgan fingerprint density at radius 2 is 0.541 bits per heavy atom. The number of esters is 4. The highest BCUT2D eigenvalue weighted by atomic mass is 31.2. The fourth-order valence-corrected chi connectivity index (χ4v) is 11.5. The van der Waals surface area contributed by atoms with Crippen molar-refractivity contribution in [3.63, 3.8) is 0 Å². The van der Waals surface area contributed by atoms with Crippen LogP contribution in [0.25, 0.3) is 0 Å². The van der Waals surface area contributed by atoms with E-state index in [1.807, 2.05) is 0 Å². The number of unbranched alkanes of at least 4 members (excludes halogenated alkanes) is 35. The van der Waals surface area contributed by atoms with Gasteiger partial charge in [0.2, 0.25) is 0 Å². The van der Waals surface area contributed by atoms with Gasteiger partial charge in [-0.2, -0.15) is 0 Å². The van der Waals surface area contributed by atoms with E-state index in [4.69, 9.17) is 37.0 Å². The number of carbonyl (C=O) groups is 4. The zero-order valence-electron chi connectivity index (χ0n) is 54.9. The van der Waals surface area contributed by atoms with Gasteiger partial charge >= 0.3 is 39.5 Å². The van der Waals surface area contributed by atoms with E-state index in [0.29, 0.717) is 25.7 Å². The van der Waals surface area contributed by atoms with Gasteiger partial charge in [-0.1, -0.05) is 279 Å². The molecule has 0 aliphatic rings. The smallest absolute Gasteiger partial charge is 0.462 e. The molecule has 0 saturated heterocycles. The summed E-state index contributed by atoms with van der Waals surface area (Å²) in [5.74, 6) is -0.669. The van der Waals surface area contributed by atoms with Crippen molar-refractivity contribution in [2.45, 2.75) is 349 Å². The van der Waals surface area contributed by atoms with Crippen molar-refractivity contribution in [2.75, 3.05) is 39.6 Å². The first-order chi connectivity index (χ1) is 40.9. The molecule has 0 radical (unpaired) electrons. The number of ether oxygens (including phenoxy) is 4. The molecule has 504 valence electrons. The van der Waals surface area contributed by atoms with Crippen LogP contribution in [0.1, 0.15) is 330 Å². The third-order valence-corrected chi connectivity index (χ3v) is 17.1. The molecule has 5 atom stereocenters. The predicted octanol–water partition coefficient (Wildman–Crippen LogP) is 18.4. The average Bonchev–Trinajstić information content (AvgIpc) is 3.47. The molecule has 0 aromatic rings. The summed E-state index contributed by atoms with van der Waals surface area (Å²) in [4.78, 5) is 72.3. The van der Waals surface area contributed by atoms with Gasteiger partial charge in [0.05, 0.1) is 26.4 Å². The van der Waals surface area contributed by atoms with E-state index in [-0.39, 0.29) is 25.7 Å². The standard InChI is InChI=1S/C66H128O17P2/c1-7-9-11-13-15-17-18-19-20-24-32-38-44-50-65(70)82-61(55-77-64(69)49-43-37-31-25-21-23-28-34-40-46-58(3)4)56-80-84(72,73)78-52-60(67)53-79-85(74,75)81-57-62(54-76-63(68)48-42-36-30-22-16-14-12-10-8-2)83-66(71)51-45-39-33-27-26-29-35-41-47-59(5)6/h58-62,67H,7-57H2,1-6H3,(H,72,73)(H,74,75)/t60-,61-,62-/m1/s1. The molecule has 0 rings (SSSR count). The maximum Gasteiger partial charge on any atom is 0.472 e. The number of carbonyl (C=O) groups excluding carboxylic acids is 4. The molecule has 85 heavy (non-hydrogen) atoms. The summed E-state index contributed by atoms with van der Waals surface area (Å²) in [6.07, 6.45) is 41.6. The number of hydrogen-bond donors (Lipinski definition) is 3. The molecular weight excluding hydrogens is 1130 g/mol. The van der Waals surface area contributed by atoms with Crippen LogP contribution in [0, 0.1) is 11.8 Å². The summed E-state index contributed by atoms with van der Waals surface area (Å²) in [5.41, 5.74) is 0. The zero-order chi connectivity index (χ0) is 62.9. The van der Waals surface area contributed by atoms with Crippen LogP contribution in [0.5, 0.6) is 0 Å². The maximum atomic E-state index is 13.0. The minimum atomic E-state index is -4.95. The molecular formula is C66H128O17P2. The van der Waals surface area contributed by atoms with E-state index in [0.717, 1.165) is 102 Å². The molecule has 0 heterocycles. The van der Waals surface area contributed by atoms with Crippen LogP contribution < -0.4 is 0 Å². The molecule has 0 aromatic heterocycles. The second-order valence-corrected chi connectivity index (χ2v) is 27.7. The van der Waals surface area contributed by atoms with Crippen LogP contribution in [0.4, 0.5) is 0 Å². The van der Waals surface area contributed by atoms with Crippen molar-refractivity contribution in [1.82, 2.24) is 0 Å². The number of hydrogen-bond acceptors (Lipinski definition) is 15. The van der Waals surface area contributed by atoms with Gasteiger partial charge in [-0.15, -0.1) is 0 Å². The first-order valence-electron chi connectivity index (χ1n) is 34.5. The lowest BCUT2D eigenvalue weighted by Gasteiger charge is -2.21. The minimum Gasteiger partial charge on any atom is -0.462 e. The van der Waals surface area contributed by atoms with Crippen molar-refractivity contribution in [3.05, 3.63) is 0 Å². The summed E-state index contributed by atoms with van der Waals surface area (Å²) < 4.78 is 68.1. The van der Waals surface area contributed by atoms with Gasteiger partial charge in [0.15, 0.2) is 12.2 Å². The Morgan fingerprint density at radius 3 is 0.800 bits per heavy atom. The molecule has 2 unspecified atom stereocenters. The van der Waals surface area contributed by atoms with Crippen LogP contribution in [0.15, 0.2) is 0 Å². The molecule has 0 saturated carbocycles. The zero-order valence-corrected chi connectivity index (χ0v) is 56.7. The van der Waals surface area contributed by atoms with Crippen molar-refractivity contribution >= 4 is 39.5 Å². The van der Waals surface area contributed by atoms with Crippen molar-refractivity contribution in [2.24, 2.45) is 11.8 Å². The molecule has 19 heteroatoms. The first kappa shape index (κ1) is 83.1. The molecule has 0 bridgehead atoms. The van der Waals surface area contributed by atoms with Crippen LogP contribution in [0.2, 0.25) is 0 Å². The van der Waals surface area contributed by atoms with Crippen LogP contribution in [0.3, 0.4) is 0 Å². The molecule has 0 aromatic carbocycles. The molecule has 0 spiro atoms. The van der Waals surface area contributed by atoms with Gasteiger partial charge in [0, 0.05) is 25.7 Å². The molecule has 17 nitrogen and oxygen atoms in total. The van der Waals surface area contributed by atoms with Gasteiger partial charge < -0.3 is 33.8 Å². The lowest BCUT2D eigenvalue weighted by atomic mass is 10.0. The first-order valence-corrected chi connectivity index (χ1v) is 37.5. The molecule has 0 amide bonds. The van der Waals surface area contributed by atoms with Crippen molar-refractivity contribution in [3.8, 4) is 0 Å². The van der Waals surface area contributed by atoms with Gasteiger partial charge in [-0.3, -0.25) is 37.3 Å². The second-order valence-electron chi connectivity index (χ2n) is 24.8. The van der Waals surface area contributed by atoms with E-state index in [9.17, 15) is 43.2 Å². The third-order valence-electron chi connectivity index (χ3n) is 15.2. The number of aliphatic hydroxyl groups excluding tert-OH is 1. The van der Waals surface area contributed by atoms with E-state index in [2.05, 4.69) is 41.5 Å². The number of phosphoric acid groups is 2. The quantitative estimate of drug-likeness (QED) is 0.0222. The maximum absolute atomic E-state index is 13.0. The lowest BCUT2D eigenvalue weighted by molar-refractivity contribution is -0.161. The largest absolute Gasteiger partial charge is 0.472 e. The normalized spacial score (nSPS) is 14.2. The summed E-state index contributed by atoms with van der Waals surface area (Å²) in [6, 6.07) is 0. The van der Waals surface area contributed by atoms with Gasteiger partial charge in [0.25, 0.3) is 0 Å². The van der Waals surface area contributed by atoms with Gasteiger partial charge in [-0.25, -0.2) is 9.13 Å². The molecule has 0 aliphatic heterocycles. The van der Waals surface area contributed by atoms with E-state index < -0.39 is 97.5 Å². The minimum absolute atomic E-state index is 0.104. The Morgan fingerprint density at radius 1 is 0.318 bits per heavy atom. The highest BCUT2D eigenvalue weighted by molar-refractivity contribution is 7.47. The van der Waals surface area contributed by atoms with Crippen molar-refractivity contribution in [1.29, 1.82) is 0 Å². The highest BCUT2D eigenvalue weighted by Crippen LogP contribution is 2.45. The van der Waals surface area contributed by atoms with Gasteiger partial charge in [0.1, 0.15) is 19.3 Å². The summed E-state index contributed by atoms with van der Waals surface area (Å²) >= 11 is 0. The van der Waals surface area contributed by atoms with Crippen LogP contribution in [-0.4, -0.2) is 96.7 Å². The lowest BCUT2D eigenvalue weighted by Crippen LogP contribution is -2.30. The molecule has 0 aliphatic carbocycles. The van der Waals surface area contributed by atoms with Crippen molar-refractivity contribution < 1.29 is 80.2 Å². The highest BCUT2D eigenvalue weighted by Gasteiger charge is 2.30. The summed E-state index contributed by atoms with van der Waals surface area (Å²) in [6.45, 7) is 9.44. The number of phosphoric ester groups is 2. The Hall–Kier alpha value is -1.94. The Bertz CT molecular complexity index is 1670. The van der Waals surface area contributed by atoms with Crippen LogP contribution in [-0.2, 0) is 65.4 Å². The number of rotatable bonds is 65.